The molecular weight excluding hydrogens is 415 g/mol. The molecule has 4 rings (SSSR count). The average Bonchev–Trinajstić information content (AvgIpc) is 3.10. The summed E-state index contributed by atoms with van der Waals surface area (Å²) >= 11 is 12.0. The third kappa shape index (κ3) is 4.72. The molecule has 3 aromatic rings. The van der Waals surface area contributed by atoms with Gasteiger partial charge in [0.15, 0.2) is 11.2 Å². The van der Waals surface area contributed by atoms with Gasteiger partial charge in [-0.05, 0) is 24.6 Å². The molecule has 1 unspecified atom stereocenters. The van der Waals surface area contributed by atoms with Gasteiger partial charge < -0.3 is 14.6 Å². The number of benzene rings is 1. The lowest BCUT2D eigenvalue weighted by molar-refractivity contribution is -0.0190. The number of halogens is 2. The first-order valence-corrected chi connectivity index (χ1v) is 9.82. The van der Waals surface area contributed by atoms with Crippen molar-refractivity contribution in [2.45, 2.75) is 26.1 Å². The number of hydrogen-bond donors (Lipinski definition) is 2. The van der Waals surface area contributed by atoms with Crippen LogP contribution in [0.3, 0.4) is 0 Å². The molecule has 29 heavy (non-hydrogen) atoms. The third-order valence-corrected chi connectivity index (χ3v) is 5.25. The van der Waals surface area contributed by atoms with E-state index in [9.17, 15) is 4.79 Å². The van der Waals surface area contributed by atoms with Gasteiger partial charge in [0.2, 0.25) is 5.95 Å². The van der Waals surface area contributed by atoms with Crippen molar-refractivity contribution < 1.29 is 8.85 Å². The summed E-state index contributed by atoms with van der Waals surface area (Å²) in [6.45, 7) is 0.744. The summed E-state index contributed by atoms with van der Waals surface area (Å²) in [7, 11) is 0. The molecule has 0 aliphatic carbocycles. The normalized spacial score (nSPS) is 22.2. The Morgan fingerprint density at radius 2 is 2.31 bits per heavy atom. The SMILES string of the molecule is [2H]C1(C)CN(C([2H])([2H])Cn2cnc3nc(NCc4ccc(Cl)c(Cl)c4)[nH]c(=O)c32)CCO1. The lowest BCUT2D eigenvalue weighted by Crippen LogP contribution is -2.42. The van der Waals surface area contributed by atoms with Gasteiger partial charge in [-0.1, -0.05) is 29.3 Å². The molecule has 0 saturated carbocycles. The van der Waals surface area contributed by atoms with E-state index in [0.717, 1.165) is 5.56 Å². The summed E-state index contributed by atoms with van der Waals surface area (Å²) in [6.07, 6.45) is 0.213. The summed E-state index contributed by atoms with van der Waals surface area (Å²) in [5.41, 5.74) is 0.796. The first kappa shape index (κ1) is 16.6. The van der Waals surface area contributed by atoms with E-state index < -0.39 is 18.1 Å². The van der Waals surface area contributed by atoms with Gasteiger partial charge in [-0.25, -0.2) is 4.98 Å². The molecule has 0 amide bonds. The largest absolute Gasteiger partial charge is 0.376 e. The quantitative estimate of drug-likeness (QED) is 0.613. The number of morpholine rings is 1. The molecule has 2 aromatic heterocycles. The lowest BCUT2D eigenvalue weighted by atomic mass is 10.2. The Kier molecular flexibility index (Phi) is 5.00. The van der Waals surface area contributed by atoms with E-state index >= 15 is 0 Å². The van der Waals surface area contributed by atoms with Crippen LogP contribution in [0.2, 0.25) is 10.0 Å². The highest BCUT2D eigenvalue weighted by atomic mass is 35.5. The van der Waals surface area contributed by atoms with Gasteiger partial charge in [0.1, 0.15) is 0 Å². The summed E-state index contributed by atoms with van der Waals surface area (Å²) < 4.78 is 31.8. The molecule has 10 heteroatoms. The van der Waals surface area contributed by atoms with E-state index in [2.05, 4.69) is 20.3 Å². The second-order valence-electron chi connectivity index (χ2n) is 6.69. The number of nitrogens with one attached hydrogen (secondary N) is 2. The van der Waals surface area contributed by atoms with Gasteiger partial charge in [0.25, 0.3) is 5.56 Å². The Morgan fingerprint density at radius 1 is 1.45 bits per heavy atom. The van der Waals surface area contributed by atoms with Crippen LogP contribution in [0.4, 0.5) is 5.95 Å². The predicted octanol–water partition coefficient (Wildman–Crippen LogP) is 2.76. The first-order chi connectivity index (χ1) is 15.0. The van der Waals surface area contributed by atoms with Gasteiger partial charge in [0, 0.05) is 35.4 Å². The number of ether oxygens (including phenoxy) is 1. The lowest BCUT2D eigenvalue weighted by Gasteiger charge is -2.31. The van der Waals surface area contributed by atoms with Crippen LogP contribution >= 0.6 is 23.2 Å². The van der Waals surface area contributed by atoms with Gasteiger partial charge in [-0.15, -0.1) is 0 Å². The molecule has 1 atom stereocenters. The fourth-order valence-electron chi connectivity index (χ4n) is 3.06. The summed E-state index contributed by atoms with van der Waals surface area (Å²) in [4.78, 5) is 25.5. The predicted molar refractivity (Wildman–Crippen MR) is 114 cm³/mol. The maximum Gasteiger partial charge on any atom is 0.278 e. The number of aryl methyl sites for hydroxylation is 1. The van der Waals surface area contributed by atoms with E-state index in [1.54, 1.807) is 24.0 Å². The van der Waals surface area contributed by atoms with Crippen molar-refractivity contribution in [3.63, 3.8) is 0 Å². The molecule has 0 bridgehead atoms. The molecular formula is C19H22Cl2N6O2. The average molecular weight is 440 g/mol. The number of H-pyrrole nitrogens is 1. The van der Waals surface area contributed by atoms with Crippen LogP contribution in [0.5, 0.6) is 0 Å². The second kappa shape index (κ2) is 8.71. The highest BCUT2D eigenvalue weighted by Crippen LogP contribution is 2.22. The van der Waals surface area contributed by atoms with Crippen molar-refractivity contribution in [3.8, 4) is 0 Å². The minimum absolute atomic E-state index is 0.115. The van der Waals surface area contributed by atoms with Crippen molar-refractivity contribution in [3.05, 3.63) is 50.5 Å². The van der Waals surface area contributed by atoms with E-state index in [-0.39, 0.29) is 36.8 Å². The zero-order valence-corrected chi connectivity index (χ0v) is 17.2. The van der Waals surface area contributed by atoms with E-state index in [1.165, 1.54) is 10.9 Å². The Hall–Kier alpha value is -2.13. The van der Waals surface area contributed by atoms with Crippen molar-refractivity contribution in [1.29, 1.82) is 0 Å². The van der Waals surface area contributed by atoms with Crippen LogP contribution in [0, 0.1) is 0 Å². The van der Waals surface area contributed by atoms with Crippen LogP contribution in [-0.4, -0.2) is 56.7 Å². The summed E-state index contributed by atoms with van der Waals surface area (Å²) in [5.74, 6) is 0.236. The van der Waals surface area contributed by atoms with Gasteiger partial charge in [-0.3, -0.25) is 14.7 Å². The topological polar surface area (TPSA) is 88.1 Å². The number of anilines is 1. The molecule has 154 valence electrons. The highest BCUT2D eigenvalue weighted by Gasteiger charge is 2.17. The van der Waals surface area contributed by atoms with Crippen LogP contribution in [0.25, 0.3) is 11.2 Å². The van der Waals surface area contributed by atoms with Crippen molar-refractivity contribution in [2.24, 2.45) is 0 Å². The van der Waals surface area contributed by atoms with Crippen LogP contribution in [0.15, 0.2) is 29.3 Å². The molecule has 0 radical (unpaired) electrons. The Labute approximate surface area is 182 Å². The maximum absolute atomic E-state index is 12.7. The first-order valence-electron chi connectivity index (χ1n) is 10.6. The fraction of sp³-hybridized carbons (Fsp3) is 0.421. The van der Waals surface area contributed by atoms with E-state index in [1.807, 2.05) is 6.07 Å². The number of imidazole rings is 1. The fourth-order valence-corrected chi connectivity index (χ4v) is 3.38. The second-order valence-corrected chi connectivity index (χ2v) is 7.51. The maximum atomic E-state index is 12.7. The van der Waals surface area contributed by atoms with Crippen LogP contribution in [0.1, 0.15) is 16.6 Å². The zero-order valence-electron chi connectivity index (χ0n) is 18.7. The molecule has 1 aliphatic rings. The molecule has 2 N–H and O–H groups in total. The molecule has 1 fully saturated rings. The van der Waals surface area contributed by atoms with Gasteiger partial charge in [0.05, 0.1) is 30.4 Å². The van der Waals surface area contributed by atoms with Crippen molar-refractivity contribution >= 4 is 40.3 Å². The number of nitrogens with zero attached hydrogens (tertiary/aromatic N) is 4. The molecule has 3 heterocycles. The van der Waals surface area contributed by atoms with Crippen molar-refractivity contribution in [1.82, 2.24) is 24.4 Å². The van der Waals surface area contributed by atoms with E-state index in [4.69, 9.17) is 32.1 Å². The minimum Gasteiger partial charge on any atom is -0.376 e. The number of rotatable bonds is 6. The van der Waals surface area contributed by atoms with Gasteiger partial charge >= 0.3 is 0 Å². The van der Waals surface area contributed by atoms with Crippen molar-refractivity contribution in [2.75, 3.05) is 31.5 Å². The third-order valence-electron chi connectivity index (χ3n) is 4.51. The molecule has 1 saturated heterocycles. The van der Waals surface area contributed by atoms with Crippen LogP contribution in [-0.2, 0) is 17.8 Å². The molecule has 0 spiro atoms. The van der Waals surface area contributed by atoms with E-state index in [0.29, 0.717) is 23.1 Å². The monoisotopic (exact) mass is 439 g/mol. The standard InChI is InChI=1S/C19H22Cl2N6O2/c1-12-10-26(6-7-29-12)4-5-27-11-23-17-16(27)18(28)25-19(24-17)22-9-13-2-3-14(20)15(21)8-13/h2-3,8,11-12H,4-7,9-10H2,1H3,(H2,22,24,25,28)/i4D2,12D. The molecule has 1 aromatic carbocycles. The Bertz CT molecular complexity index is 1200. The zero-order chi connectivity index (χ0) is 23.1. The Morgan fingerprint density at radius 3 is 3.10 bits per heavy atom. The Balaban J connectivity index is 1.52. The number of hydrogen-bond acceptors (Lipinski definition) is 6. The molecule has 1 aliphatic heterocycles. The minimum atomic E-state index is -1.81. The summed E-state index contributed by atoms with van der Waals surface area (Å²) in [6, 6.07) is 5.22. The summed E-state index contributed by atoms with van der Waals surface area (Å²) in [5, 5.41) is 3.91. The smallest absolute Gasteiger partial charge is 0.278 e. The van der Waals surface area contributed by atoms with Crippen LogP contribution < -0.4 is 10.9 Å². The molecule has 8 nitrogen and oxygen atoms in total. The number of aromatic amines is 1. The number of fused-ring (bicyclic) bond motifs is 1. The number of aromatic nitrogens is 4. The highest BCUT2D eigenvalue weighted by molar-refractivity contribution is 6.42. The van der Waals surface area contributed by atoms with Gasteiger partial charge in [-0.2, -0.15) is 4.98 Å².